The number of thiophene rings is 1. The second-order valence-electron chi connectivity index (χ2n) is 6.12. The van der Waals surface area contributed by atoms with E-state index in [1.807, 2.05) is 44.2 Å². The van der Waals surface area contributed by atoms with Gasteiger partial charge in [0.1, 0.15) is 23.7 Å². The number of benzene rings is 1. The molecule has 0 bridgehead atoms. The van der Waals surface area contributed by atoms with E-state index in [1.165, 1.54) is 22.2 Å². The highest BCUT2D eigenvalue weighted by atomic mass is 32.1. The zero-order chi connectivity index (χ0) is 18.7. The molecule has 26 heavy (non-hydrogen) atoms. The van der Waals surface area contributed by atoms with Crippen LogP contribution >= 0.6 is 11.3 Å². The third kappa shape index (κ3) is 3.77. The first kappa shape index (κ1) is 18.1. The molecular weight excluding hydrogens is 350 g/mol. The summed E-state index contributed by atoms with van der Waals surface area (Å²) < 4.78 is 6.98. The number of hydrogen-bond acceptors (Lipinski definition) is 5. The molecule has 2 heterocycles. The van der Waals surface area contributed by atoms with Crippen molar-refractivity contribution in [1.29, 1.82) is 0 Å². The third-order valence-electron chi connectivity index (χ3n) is 4.33. The van der Waals surface area contributed by atoms with E-state index in [1.54, 1.807) is 11.9 Å². The van der Waals surface area contributed by atoms with Crippen molar-refractivity contribution in [2.45, 2.75) is 20.4 Å². The summed E-state index contributed by atoms with van der Waals surface area (Å²) in [6, 6.07) is 9.45. The highest BCUT2D eigenvalue weighted by Gasteiger charge is 2.15. The number of carbonyl (C=O) groups excluding carboxylic acids is 1. The molecule has 0 atom stereocenters. The van der Waals surface area contributed by atoms with E-state index >= 15 is 0 Å². The lowest BCUT2D eigenvalue weighted by molar-refractivity contribution is -0.130. The molecule has 0 fully saturated rings. The SMILES string of the molecule is Cc1sc2ncn(CC(=O)N(C)CCOc3ccccc3)c(=O)c2c1C. The van der Waals surface area contributed by atoms with Crippen molar-refractivity contribution >= 4 is 27.5 Å². The zero-order valence-electron chi connectivity index (χ0n) is 15.1. The minimum atomic E-state index is -0.167. The van der Waals surface area contributed by atoms with Crippen LogP contribution in [0.5, 0.6) is 5.75 Å². The van der Waals surface area contributed by atoms with Crippen LogP contribution in [0.25, 0.3) is 10.2 Å². The van der Waals surface area contributed by atoms with Crippen molar-refractivity contribution in [1.82, 2.24) is 14.5 Å². The molecule has 3 rings (SSSR count). The van der Waals surface area contributed by atoms with E-state index in [-0.39, 0.29) is 18.0 Å². The van der Waals surface area contributed by atoms with Gasteiger partial charge in [-0.05, 0) is 31.5 Å². The quantitative estimate of drug-likeness (QED) is 0.668. The van der Waals surface area contributed by atoms with Gasteiger partial charge >= 0.3 is 0 Å². The van der Waals surface area contributed by atoms with E-state index in [4.69, 9.17) is 4.74 Å². The van der Waals surface area contributed by atoms with Crippen LogP contribution in [0, 0.1) is 13.8 Å². The second kappa shape index (κ2) is 7.70. The lowest BCUT2D eigenvalue weighted by Gasteiger charge is -2.18. The molecule has 0 N–H and O–H groups in total. The van der Waals surface area contributed by atoms with Crippen LogP contribution in [-0.4, -0.2) is 40.6 Å². The van der Waals surface area contributed by atoms with Crippen molar-refractivity contribution < 1.29 is 9.53 Å². The van der Waals surface area contributed by atoms with Crippen molar-refractivity contribution in [3.63, 3.8) is 0 Å². The van der Waals surface area contributed by atoms with Gasteiger partial charge in [0, 0.05) is 11.9 Å². The lowest BCUT2D eigenvalue weighted by atomic mass is 10.2. The lowest BCUT2D eigenvalue weighted by Crippen LogP contribution is -2.36. The first-order chi connectivity index (χ1) is 12.5. The number of fused-ring (bicyclic) bond motifs is 1. The molecule has 0 saturated carbocycles. The van der Waals surface area contributed by atoms with Gasteiger partial charge in [0.2, 0.25) is 5.91 Å². The van der Waals surface area contributed by atoms with Gasteiger partial charge in [-0.15, -0.1) is 11.3 Å². The van der Waals surface area contributed by atoms with Gasteiger partial charge in [-0.25, -0.2) is 4.98 Å². The predicted octanol–water partition coefficient (Wildman–Crippen LogP) is 2.61. The highest BCUT2D eigenvalue weighted by Crippen LogP contribution is 2.25. The Balaban J connectivity index is 1.64. The van der Waals surface area contributed by atoms with Crippen LogP contribution in [0.15, 0.2) is 41.5 Å². The minimum absolute atomic E-state index is 0.0298. The number of rotatable bonds is 6. The van der Waals surface area contributed by atoms with Crippen LogP contribution in [0.1, 0.15) is 10.4 Å². The Morgan fingerprint density at radius 2 is 2.00 bits per heavy atom. The van der Waals surface area contributed by atoms with Gasteiger partial charge in [0.05, 0.1) is 18.3 Å². The summed E-state index contributed by atoms with van der Waals surface area (Å²) in [6.45, 7) is 4.68. The van der Waals surface area contributed by atoms with Crippen LogP contribution in [-0.2, 0) is 11.3 Å². The summed E-state index contributed by atoms with van der Waals surface area (Å²) in [5.41, 5.74) is 0.771. The fourth-order valence-electron chi connectivity index (χ4n) is 2.59. The number of likely N-dealkylation sites (N-methyl/N-ethyl adjacent to an activating group) is 1. The van der Waals surface area contributed by atoms with Crippen LogP contribution < -0.4 is 10.3 Å². The van der Waals surface area contributed by atoms with E-state index in [2.05, 4.69) is 4.98 Å². The Morgan fingerprint density at radius 1 is 1.27 bits per heavy atom. The number of aryl methyl sites for hydroxylation is 2. The number of ether oxygens (including phenoxy) is 1. The summed E-state index contributed by atoms with van der Waals surface area (Å²) in [4.78, 5) is 32.8. The molecule has 3 aromatic rings. The van der Waals surface area contributed by atoms with E-state index in [0.29, 0.717) is 18.5 Å². The Bertz CT molecular complexity index is 979. The standard InChI is InChI=1S/C19H21N3O3S/c1-13-14(2)26-18-17(13)19(24)22(12-20-18)11-16(23)21(3)9-10-25-15-7-5-4-6-8-15/h4-8,12H,9-11H2,1-3H3. The monoisotopic (exact) mass is 371 g/mol. The maximum absolute atomic E-state index is 12.7. The first-order valence-corrected chi connectivity index (χ1v) is 9.16. The molecule has 2 aromatic heterocycles. The van der Waals surface area contributed by atoms with Crippen LogP contribution in [0.4, 0.5) is 0 Å². The topological polar surface area (TPSA) is 64.4 Å². The molecule has 0 aliphatic rings. The molecule has 1 amide bonds. The highest BCUT2D eigenvalue weighted by molar-refractivity contribution is 7.18. The summed E-state index contributed by atoms with van der Waals surface area (Å²) in [5, 5.41) is 0.609. The molecule has 0 aliphatic heterocycles. The van der Waals surface area contributed by atoms with Crippen molar-refractivity contribution in [3.8, 4) is 5.75 Å². The molecule has 0 radical (unpaired) electrons. The van der Waals surface area contributed by atoms with E-state index < -0.39 is 0 Å². The van der Waals surface area contributed by atoms with Crippen molar-refractivity contribution in [3.05, 3.63) is 57.5 Å². The van der Waals surface area contributed by atoms with Gasteiger partial charge < -0.3 is 9.64 Å². The number of aromatic nitrogens is 2. The smallest absolute Gasteiger partial charge is 0.262 e. The normalized spacial score (nSPS) is 10.9. The molecular formula is C19H21N3O3S. The number of nitrogens with zero attached hydrogens (tertiary/aromatic N) is 3. The van der Waals surface area contributed by atoms with Crippen LogP contribution in [0.3, 0.4) is 0 Å². The zero-order valence-corrected chi connectivity index (χ0v) is 15.9. The van der Waals surface area contributed by atoms with Crippen molar-refractivity contribution in [2.24, 2.45) is 0 Å². The molecule has 136 valence electrons. The van der Waals surface area contributed by atoms with E-state index in [9.17, 15) is 9.59 Å². The van der Waals surface area contributed by atoms with Gasteiger partial charge in [-0.3, -0.25) is 14.2 Å². The van der Waals surface area contributed by atoms with E-state index in [0.717, 1.165) is 21.0 Å². The molecule has 0 unspecified atom stereocenters. The largest absolute Gasteiger partial charge is 0.492 e. The molecule has 6 nitrogen and oxygen atoms in total. The fourth-order valence-corrected chi connectivity index (χ4v) is 3.58. The summed E-state index contributed by atoms with van der Waals surface area (Å²) in [7, 11) is 1.70. The predicted molar refractivity (Wildman–Crippen MR) is 103 cm³/mol. The molecule has 0 saturated heterocycles. The summed E-state index contributed by atoms with van der Waals surface area (Å²) >= 11 is 1.50. The number of para-hydroxylation sites is 1. The molecule has 0 spiro atoms. The maximum Gasteiger partial charge on any atom is 0.262 e. The van der Waals surface area contributed by atoms with Gasteiger partial charge in [0.25, 0.3) is 5.56 Å². The molecule has 7 heteroatoms. The Labute approximate surface area is 155 Å². The average molecular weight is 371 g/mol. The van der Waals surface area contributed by atoms with Crippen molar-refractivity contribution in [2.75, 3.05) is 20.2 Å². The first-order valence-electron chi connectivity index (χ1n) is 8.34. The van der Waals surface area contributed by atoms with Gasteiger partial charge in [-0.2, -0.15) is 0 Å². The number of amides is 1. The molecule has 1 aromatic carbocycles. The van der Waals surface area contributed by atoms with Crippen LogP contribution in [0.2, 0.25) is 0 Å². The average Bonchev–Trinajstić information content (AvgIpc) is 2.93. The Hall–Kier alpha value is -2.67. The second-order valence-corrected chi connectivity index (χ2v) is 7.32. The maximum atomic E-state index is 12.7. The fraction of sp³-hybridized carbons (Fsp3) is 0.316. The summed E-state index contributed by atoms with van der Waals surface area (Å²) in [6.07, 6.45) is 1.45. The Kier molecular flexibility index (Phi) is 5.37. The molecule has 0 aliphatic carbocycles. The number of carbonyl (C=O) groups is 1. The van der Waals surface area contributed by atoms with Gasteiger partial charge in [-0.1, -0.05) is 18.2 Å². The van der Waals surface area contributed by atoms with Gasteiger partial charge in [0.15, 0.2) is 0 Å². The summed E-state index contributed by atoms with van der Waals surface area (Å²) in [5.74, 6) is 0.608. The third-order valence-corrected chi connectivity index (χ3v) is 5.44. The minimum Gasteiger partial charge on any atom is -0.492 e. The number of hydrogen-bond donors (Lipinski definition) is 0. The Morgan fingerprint density at radius 3 is 2.73 bits per heavy atom.